The summed E-state index contributed by atoms with van der Waals surface area (Å²) >= 11 is 0. The van der Waals surface area contributed by atoms with E-state index in [4.69, 9.17) is 24.7 Å². The van der Waals surface area contributed by atoms with Crippen LogP contribution in [-0.4, -0.2) is 51.3 Å². The Balaban J connectivity index is 1.77. The Hall–Kier alpha value is -6.26. The van der Waals surface area contributed by atoms with E-state index in [1.165, 1.54) is 13.2 Å². The third-order valence-corrected chi connectivity index (χ3v) is 9.40. The van der Waals surface area contributed by atoms with Crippen LogP contribution < -0.4 is 15.0 Å². The first-order valence-electron chi connectivity index (χ1n) is 19.1. The number of methoxy groups -OCH3 is 1. The van der Waals surface area contributed by atoms with E-state index in [0.717, 1.165) is 57.1 Å². The average molecular weight is 762 g/mol. The summed E-state index contributed by atoms with van der Waals surface area (Å²) in [6.45, 7) is 9.29. The maximum atomic E-state index is 12.8. The quantitative estimate of drug-likeness (QED) is 0.0690. The minimum absolute atomic E-state index is 0.0467. The molecule has 0 aliphatic carbocycles. The highest BCUT2D eigenvalue weighted by molar-refractivity contribution is 6.05. The van der Waals surface area contributed by atoms with Crippen LogP contribution in [0.3, 0.4) is 0 Å². The highest BCUT2D eigenvalue weighted by Gasteiger charge is 2.28. The number of allylic oxidation sites excluding steroid dienone is 2. The van der Waals surface area contributed by atoms with Crippen molar-refractivity contribution in [1.29, 1.82) is 15.8 Å². The zero-order valence-corrected chi connectivity index (χ0v) is 33.0. The van der Waals surface area contributed by atoms with E-state index in [1.54, 1.807) is 48.5 Å². The normalized spacial score (nSPS) is 13.5. The van der Waals surface area contributed by atoms with Crippen LogP contribution in [0, 0.1) is 45.8 Å². The number of nitrogens with one attached hydrogen (secondary N) is 1. The predicted molar refractivity (Wildman–Crippen MR) is 212 cm³/mol. The van der Waals surface area contributed by atoms with Crippen LogP contribution >= 0.6 is 0 Å². The molecule has 1 aliphatic heterocycles. The molecule has 13 nitrogen and oxygen atoms in total. The van der Waals surface area contributed by atoms with Crippen molar-refractivity contribution < 1.29 is 28.6 Å². The van der Waals surface area contributed by atoms with Gasteiger partial charge in [-0.15, -0.1) is 5.11 Å². The molecule has 0 fully saturated rings. The Morgan fingerprint density at radius 1 is 0.839 bits per heavy atom. The first-order valence-corrected chi connectivity index (χ1v) is 19.1. The van der Waals surface area contributed by atoms with Gasteiger partial charge in [0.15, 0.2) is 5.57 Å². The molecule has 2 unspecified atom stereocenters. The van der Waals surface area contributed by atoms with Crippen molar-refractivity contribution in [3.8, 4) is 24.0 Å². The SMILES string of the molecule is CCCCC(CC)C(=O)OCCN(CCOC(=O)C(CC)CCCC)c1ccc(/N=N/c2ccc(/C=C/C3=C(C#N)C(=C(C#N)C#N)NC3=O)cc2)c(OC)c1. The number of azo groups is 1. The average Bonchev–Trinajstić information content (AvgIpc) is 3.53. The number of esters is 2. The monoisotopic (exact) mass is 761 g/mol. The third kappa shape index (κ3) is 12.7. The largest absolute Gasteiger partial charge is 0.494 e. The molecule has 2 aromatic rings. The number of nitriles is 3. The lowest BCUT2D eigenvalue weighted by Crippen LogP contribution is -2.33. The van der Waals surface area contributed by atoms with E-state index in [2.05, 4.69) is 29.4 Å². The standard InChI is InChI=1S/C43H51N7O6/c1-6-10-12-31(8-3)42(52)55-24-22-50(23-25-56-43(53)32(9-4)13-11-7-2)35-19-21-38(39(26-35)54-5)49-48-34-17-14-30(15-18-34)16-20-36-37(29-46)40(47-41(36)51)33(27-44)28-45/h14-21,26,31-32H,6-13,22-25H2,1-5H3,(H,47,51)/b20-16+,49-48+. The summed E-state index contributed by atoms with van der Waals surface area (Å²) in [5.74, 6) is -0.780. The van der Waals surface area contributed by atoms with E-state index in [-0.39, 0.29) is 59.4 Å². The van der Waals surface area contributed by atoms with Crippen molar-refractivity contribution in [3.05, 3.63) is 76.5 Å². The van der Waals surface area contributed by atoms with Gasteiger partial charge in [-0.3, -0.25) is 14.4 Å². The summed E-state index contributed by atoms with van der Waals surface area (Å²) in [4.78, 5) is 40.1. The van der Waals surface area contributed by atoms with Crippen molar-refractivity contribution in [2.75, 3.05) is 38.3 Å². The molecule has 0 aromatic heterocycles. The summed E-state index contributed by atoms with van der Waals surface area (Å²) in [5.41, 5.74) is 2.02. The molecule has 0 saturated carbocycles. The van der Waals surface area contributed by atoms with Gasteiger partial charge < -0.3 is 24.4 Å². The number of benzene rings is 2. The fraction of sp³-hybridized carbons (Fsp3) is 0.442. The lowest BCUT2D eigenvalue weighted by Gasteiger charge is -2.26. The van der Waals surface area contributed by atoms with Crippen LogP contribution in [0.5, 0.6) is 5.75 Å². The summed E-state index contributed by atoms with van der Waals surface area (Å²) in [5, 5.41) is 39.1. The highest BCUT2D eigenvalue weighted by atomic mass is 16.5. The molecule has 1 aliphatic rings. The zero-order valence-electron chi connectivity index (χ0n) is 33.0. The second-order valence-corrected chi connectivity index (χ2v) is 13.1. The van der Waals surface area contributed by atoms with Crippen molar-refractivity contribution in [2.45, 2.75) is 79.1 Å². The Bertz CT molecular complexity index is 1880. The summed E-state index contributed by atoms with van der Waals surface area (Å²) in [6, 6.07) is 17.7. The number of carbonyl (C=O) groups excluding carboxylic acids is 3. The van der Waals surface area contributed by atoms with Gasteiger partial charge >= 0.3 is 11.9 Å². The van der Waals surface area contributed by atoms with Gasteiger partial charge in [0.1, 0.15) is 42.9 Å². The number of rotatable bonds is 22. The van der Waals surface area contributed by atoms with Crippen LogP contribution in [0.25, 0.3) is 6.08 Å². The second kappa shape index (κ2) is 23.5. The van der Waals surface area contributed by atoms with Gasteiger partial charge in [-0.2, -0.15) is 20.9 Å². The Labute approximate surface area is 329 Å². The smallest absolute Gasteiger partial charge is 0.308 e. The Kier molecular flexibility index (Phi) is 18.5. The molecular formula is C43H51N7O6. The summed E-state index contributed by atoms with van der Waals surface area (Å²) in [6.07, 6.45) is 10.1. The molecule has 0 saturated heterocycles. The second-order valence-electron chi connectivity index (χ2n) is 13.1. The molecule has 2 atom stereocenters. The maximum absolute atomic E-state index is 12.8. The number of amides is 1. The van der Waals surface area contributed by atoms with E-state index in [1.807, 2.05) is 36.9 Å². The predicted octanol–water partition coefficient (Wildman–Crippen LogP) is 8.70. The van der Waals surface area contributed by atoms with E-state index < -0.39 is 5.91 Å². The zero-order chi connectivity index (χ0) is 40.9. The van der Waals surface area contributed by atoms with Crippen LogP contribution in [0.1, 0.15) is 84.6 Å². The maximum Gasteiger partial charge on any atom is 0.308 e. The van der Waals surface area contributed by atoms with Crippen molar-refractivity contribution in [3.63, 3.8) is 0 Å². The van der Waals surface area contributed by atoms with E-state index >= 15 is 0 Å². The van der Waals surface area contributed by atoms with Crippen LogP contribution in [0.4, 0.5) is 17.1 Å². The molecule has 56 heavy (non-hydrogen) atoms. The Morgan fingerprint density at radius 2 is 1.43 bits per heavy atom. The fourth-order valence-electron chi connectivity index (χ4n) is 5.98. The van der Waals surface area contributed by atoms with Crippen molar-refractivity contribution in [2.24, 2.45) is 22.1 Å². The third-order valence-electron chi connectivity index (χ3n) is 9.40. The van der Waals surface area contributed by atoms with Gasteiger partial charge in [0.25, 0.3) is 5.91 Å². The number of nitrogens with zero attached hydrogens (tertiary/aromatic N) is 6. The molecule has 13 heteroatoms. The minimum Gasteiger partial charge on any atom is -0.494 e. The number of unbranched alkanes of at least 4 members (excludes halogenated alkanes) is 2. The molecule has 1 N–H and O–H groups in total. The first-order chi connectivity index (χ1) is 27.2. The lowest BCUT2D eigenvalue weighted by atomic mass is 10.00. The van der Waals surface area contributed by atoms with Crippen LogP contribution in [-0.2, 0) is 23.9 Å². The van der Waals surface area contributed by atoms with Crippen molar-refractivity contribution in [1.82, 2.24) is 5.32 Å². The molecule has 2 aromatic carbocycles. The highest BCUT2D eigenvalue weighted by Crippen LogP contribution is 2.34. The molecule has 1 amide bonds. The van der Waals surface area contributed by atoms with Gasteiger partial charge in [0.05, 0.1) is 54.6 Å². The molecular weight excluding hydrogens is 711 g/mol. The number of ether oxygens (including phenoxy) is 3. The van der Waals surface area contributed by atoms with Crippen LogP contribution in [0.15, 0.2) is 81.2 Å². The first kappa shape index (κ1) is 44.1. The summed E-state index contributed by atoms with van der Waals surface area (Å²) < 4.78 is 17.1. The molecule has 0 radical (unpaired) electrons. The van der Waals surface area contributed by atoms with Crippen molar-refractivity contribution >= 4 is 41.0 Å². The molecule has 3 rings (SSSR count). The summed E-state index contributed by atoms with van der Waals surface area (Å²) in [7, 11) is 1.54. The number of anilines is 1. The van der Waals surface area contributed by atoms with Gasteiger partial charge in [-0.1, -0.05) is 71.6 Å². The molecule has 1 heterocycles. The van der Waals surface area contributed by atoms with Crippen LogP contribution in [0.2, 0.25) is 0 Å². The topological polar surface area (TPSA) is 190 Å². The van der Waals surface area contributed by atoms with Gasteiger partial charge in [-0.25, -0.2) is 0 Å². The number of hydrogen-bond acceptors (Lipinski definition) is 12. The number of hydrogen-bond donors (Lipinski definition) is 1. The molecule has 294 valence electrons. The van der Waals surface area contributed by atoms with Gasteiger partial charge in [-0.05, 0) is 61.6 Å². The van der Waals surface area contributed by atoms with Gasteiger partial charge in [0.2, 0.25) is 0 Å². The fourth-order valence-corrected chi connectivity index (χ4v) is 5.98. The number of carbonyl (C=O) groups is 3. The van der Waals surface area contributed by atoms with Gasteiger partial charge in [0, 0.05) is 11.8 Å². The lowest BCUT2D eigenvalue weighted by molar-refractivity contribution is -0.149. The van der Waals surface area contributed by atoms with E-state index in [0.29, 0.717) is 35.8 Å². The molecule has 0 spiro atoms. The molecule has 0 bridgehead atoms. The van der Waals surface area contributed by atoms with E-state index in [9.17, 15) is 19.6 Å². The minimum atomic E-state index is -0.581. The Morgan fingerprint density at radius 3 is 1.93 bits per heavy atom.